The van der Waals surface area contributed by atoms with Gasteiger partial charge in [-0.2, -0.15) is 0 Å². The third kappa shape index (κ3) is 3.32. The average Bonchev–Trinajstić information content (AvgIpc) is 2.91. The van der Waals surface area contributed by atoms with Crippen molar-refractivity contribution in [2.45, 2.75) is 38.1 Å². The summed E-state index contributed by atoms with van der Waals surface area (Å²) in [4.78, 5) is 12.2. The molecule has 0 aromatic heterocycles. The summed E-state index contributed by atoms with van der Waals surface area (Å²) in [6.45, 7) is 3.55. The van der Waals surface area contributed by atoms with Gasteiger partial charge in [0.2, 0.25) is 5.91 Å². The van der Waals surface area contributed by atoms with E-state index in [9.17, 15) is 9.18 Å². The Morgan fingerprint density at radius 1 is 1.42 bits per heavy atom. The van der Waals surface area contributed by atoms with E-state index in [-0.39, 0.29) is 17.3 Å². The van der Waals surface area contributed by atoms with Crippen LogP contribution in [-0.4, -0.2) is 24.5 Å². The standard InChI is InChI=1S/C15H21FN2O/c1-2-15(9-3-10-18-15)14(19)17-11-8-12-4-6-13(16)7-5-12/h4-7,18H,2-3,8-11H2,1H3,(H,17,19)/t15-/m0/s1. The lowest BCUT2D eigenvalue weighted by Gasteiger charge is -2.26. The van der Waals surface area contributed by atoms with Crippen LogP contribution in [0.15, 0.2) is 24.3 Å². The molecule has 1 saturated heterocycles. The van der Waals surface area contributed by atoms with Gasteiger partial charge >= 0.3 is 0 Å². The molecule has 2 N–H and O–H groups in total. The molecule has 2 rings (SSSR count). The summed E-state index contributed by atoms with van der Waals surface area (Å²) in [6, 6.07) is 6.40. The van der Waals surface area contributed by atoms with Gasteiger partial charge in [-0.3, -0.25) is 4.79 Å². The smallest absolute Gasteiger partial charge is 0.240 e. The maximum absolute atomic E-state index is 12.8. The van der Waals surface area contributed by atoms with E-state index in [1.54, 1.807) is 12.1 Å². The van der Waals surface area contributed by atoms with Gasteiger partial charge in [0.05, 0.1) is 5.54 Å². The summed E-state index contributed by atoms with van der Waals surface area (Å²) in [6.07, 6.45) is 3.51. The first-order valence-corrected chi connectivity index (χ1v) is 6.94. The Bertz CT molecular complexity index is 424. The van der Waals surface area contributed by atoms with Gasteiger partial charge < -0.3 is 10.6 Å². The lowest BCUT2D eigenvalue weighted by atomic mass is 9.93. The lowest BCUT2D eigenvalue weighted by molar-refractivity contribution is -0.127. The van der Waals surface area contributed by atoms with E-state index in [0.29, 0.717) is 6.54 Å². The van der Waals surface area contributed by atoms with Gasteiger partial charge in [-0.1, -0.05) is 19.1 Å². The van der Waals surface area contributed by atoms with Crippen LogP contribution in [-0.2, 0) is 11.2 Å². The molecule has 1 aromatic rings. The minimum absolute atomic E-state index is 0.0922. The molecular weight excluding hydrogens is 243 g/mol. The monoisotopic (exact) mass is 264 g/mol. The van der Waals surface area contributed by atoms with Crippen molar-refractivity contribution in [2.24, 2.45) is 0 Å². The van der Waals surface area contributed by atoms with Crippen LogP contribution >= 0.6 is 0 Å². The van der Waals surface area contributed by atoms with Gasteiger partial charge in [0.15, 0.2) is 0 Å². The average molecular weight is 264 g/mol. The number of nitrogens with one attached hydrogen (secondary N) is 2. The number of carbonyl (C=O) groups excluding carboxylic acids is 1. The maximum Gasteiger partial charge on any atom is 0.240 e. The molecule has 1 atom stereocenters. The second-order valence-electron chi connectivity index (χ2n) is 5.10. The van der Waals surface area contributed by atoms with Crippen LogP contribution in [0, 0.1) is 5.82 Å². The van der Waals surface area contributed by atoms with E-state index in [1.807, 2.05) is 6.92 Å². The number of halogens is 1. The summed E-state index contributed by atoms with van der Waals surface area (Å²) in [5.41, 5.74) is 0.662. The van der Waals surface area contributed by atoms with Crippen molar-refractivity contribution >= 4 is 5.91 Å². The maximum atomic E-state index is 12.8. The van der Waals surface area contributed by atoms with E-state index >= 15 is 0 Å². The van der Waals surface area contributed by atoms with Gasteiger partial charge in [-0.15, -0.1) is 0 Å². The second-order valence-corrected chi connectivity index (χ2v) is 5.10. The first-order chi connectivity index (χ1) is 9.16. The predicted molar refractivity (Wildman–Crippen MR) is 73.4 cm³/mol. The van der Waals surface area contributed by atoms with Gasteiger partial charge in [0.25, 0.3) is 0 Å². The minimum Gasteiger partial charge on any atom is -0.354 e. The highest BCUT2D eigenvalue weighted by Gasteiger charge is 2.38. The topological polar surface area (TPSA) is 41.1 Å². The normalized spacial score (nSPS) is 22.4. The first-order valence-electron chi connectivity index (χ1n) is 6.94. The molecule has 1 aliphatic heterocycles. The van der Waals surface area contributed by atoms with Crippen molar-refractivity contribution in [3.8, 4) is 0 Å². The summed E-state index contributed by atoms with van der Waals surface area (Å²) >= 11 is 0. The van der Waals surface area contributed by atoms with Crippen molar-refractivity contribution < 1.29 is 9.18 Å². The molecule has 0 radical (unpaired) electrons. The van der Waals surface area contributed by atoms with Crippen molar-refractivity contribution in [3.05, 3.63) is 35.6 Å². The Kier molecular flexibility index (Phi) is 4.53. The van der Waals surface area contributed by atoms with Crippen LogP contribution in [0.4, 0.5) is 4.39 Å². The molecule has 0 bridgehead atoms. The third-order valence-corrected chi connectivity index (χ3v) is 3.89. The lowest BCUT2D eigenvalue weighted by Crippen LogP contribution is -2.53. The number of carbonyl (C=O) groups is 1. The second kappa shape index (κ2) is 6.15. The zero-order chi connectivity index (χ0) is 13.7. The van der Waals surface area contributed by atoms with Crippen molar-refractivity contribution in [3.63, 3.8) is 0 Å². The highest BCUT2D eigenvalue weighted by molar-refractivity contribution is 5.86. The minimum atomic E-state index is -0.372. The summed E-state index contributed by atoms with van der Waals surface area (Å²) in [5.74, 6) is -0.137. The molecule has 0 saturated carbocycles. The van der Waals surface area contributed by atoms with E-state index in [2.05, 4.69) is 10.6 Å². The molecule has 3 nitrogen and oxygen atoms in total. The van der Waals surface area contributed by atoms with Crippen molar-refractivity contribution in [1.29, 1.82) is 0 Å². The highest BCUT2D eigenvalue weighted by atomic mass is 19.1. The fraction of sp³-hybridized carbons (Fsp3) is 0.533. The fourth-order valence-electron chi connectivity index (χ4n) is 2.60. The van der Waals surface area contributed by atoms with Crippen LogP contribution in [0.25, 0.3) is 0 Å². The molecule has 0 aliphatic carbocycles. The summed E-state index contributed by atoms with van der Waals surface area (Å²) in [5, 5.41) is 6.30. The first kappa shape index (κ1) is 14.0. The molecular formula is C15H21FN2O. The molecule has 19 heavy (non-hydrogen) atoms. The van der Waals surface area contributed by atoms with Crippen LogP contribution in [0.3, 0.4) is 0 Å². The molecule has 1 aromatic carbocycles. The summed E-state index contributed by atoms with van der Waals surface area (Å²) in [7, 11) is 0. The van der Waals surface area contributed by atoms with E-state index in [4.69, 9.17) is 0 Å². The summed E-state index contributed by atoms with van der Waals surface area (Å²) < 4.78 is 12.8. The number of rotatable bonds is 5. The number of hydrogen-bond donors (Lipinski definition) is 2. The van der Waals surface area contributed by atoms with Gasteiger partial charge in [0, 0.05) is 6.54 Å². The quantitative estimate of drug-likeness (QED) is 0.854. The molecule has 1 amide bonds. The largest absolute Gasteiger partial charge is 0.354 e. The van der Waals surface area contributed by atoms with Crippen molar-refractivity contribution in [1.82, 2.24) is 10.6 Å². The van der Waals surface area contributed by atoms with Gasteiger partial charge in [-0.05, 0) is 49.9 Å². The van der Waals surface area contributed by atoms with Crippen molar-refractivity contribution in [2.75, 3.05) is 13.1 Å². The van der Waals surface area contributed by atoms with Crippen LogP contribution in [0.2, 0.25) is 0 Å². The molecule has 104 valence electrons. The molecule has 1 fully saturated rings. The molecule has 0 unspecified atom stereocenters. The van der Waals surface area contributed by atoms with Crippen LogP contribution < -0.4 is 10.6 Å². The predicted octanol–water partition coefficient (Wildman–Crippen LogP) is 2.02. The highest BCUT2D eigenvalue weighted by Crippen LogP contribution is 2.22. The van der Waals surface area contributed by atoms with E-state index in [0.717, 1.165) is 37.8 Å². The van der Waals surface area contributed by atoms with E-state index < -0.39 is 0 Å². The zero-order valence-corrected chi connectivity index (χ0v) is 11.3. The van der Waals surface area contributed by atoms with Gasteiger partial charge in [-0.25, -0.2) is 4.39 Å². The Labute approximate surface area is 113 Å². The van der Waals surface area contributed by atoms with E-state index in [1.165, 1.54) is 12.1 Å². The number of hydrogen-bond acceptors (Lipinski definition) is 2. The SMILES string of the molecule is CC[C@@]1(C(=O)NCCc2ccc(F)cc2)CCCN1. The van der Waals surface area contributed by atoms with Gasteiger partial charge in [0.1, 0.15) is 5.82 Å². The Morgan fingerprint density at radius 3 is 2.74 bits per heavy atom. The molecule has 1 aliphatic rings. The molecule has 4 heteroatoms. The number of benzene rings is 1. The van der Waals surface area contributed by atoms with Crippen LogP contribution in [0.5, 0.6) is 0 Å². The zero-order valence-electron chi connectivity index (χ0n) is 11.3. The third-order valence-electron chi connectivity index (χ3n) is 3.89. The fourth-order valence-corrected chi connectivity index (χ4v) is 2.60. The van der Waals surface area contributed by atoms with Crippen LogP contribution in [0.1, 0.15) is 31.7 Å². The Balaban J connectivity index is 1.82. The Morgan fingerprint density at radius 2 is 2.16 bits per heavy atom. The number of amides is 1. The Hall–Kier alpha value is -1.42. The molecule has 0 spiro atoms. The molecule has 1 heterocycles.